The zero-order chi connectivity index (χ0) is 29.8. The van der Waals surface area contributed by atoms with Crippen molar-refractivity contribution in [2.75, 3.05) is 6.61 Å². The van der Waals surface area contributed by atoms with Crippen LogP contribution in [0.5, 0.6) is 5.75 Å². The molecule has 0 aliphatic heterocycles. The Morgan fingerprint density at radius 2 is 0.976 bits per heavy atom. The SMILES string of the molecule is Cc1ccc(S(OS(=O)(=O)c2ccc(C)cc2)(c2ccc(C)cc2)c2ccc(OCC(=O)OC(C)(C)C)cc2)cc1. The van der Waals surface area contributed by atoms with Crippen molar-refractivity contribution >= 4 is 26.4 Å². The molecule has 4 aromatic carbocycles. The number of ether oxygens (including phenoxy) is 2. The number of esters is 1. The molecular formula is C33H36O6S2. The number of hydrogen-bond donors (Lipinski definition) is 0. The van der Waals surface area contributed by atoms with Crippen LogP contribution < -0.4 is 4.74 Å². The largest absolute Gasteiger partial charge is 0.482 e. The summed E-state index contributed by atoms with van der Waals surface area (Å²) in [5.41, 5.74) is 2.41. The predicted octanol–water partition coefficient (Wildman–Crippen LogP) is 7.93. The third-order valence-corrected chi connectivity index (χ3v) is 11.3. The molecule has 0 aliphatic rings. The lowest BCUT2D eigenvalue weighted by molar-refractivity contribution is -0.157. The van der Waals surface area contributed by atoms with Gasteiger partial charge in [0, 0.05) is 14.7 Å². The Bertz CT molecular complexity index is 1540. The van der Waals surface area contributed by atoms with E-state index in [-0.39, 0.29) is 11.5 Å². The van der Waals surface area contributed by atoms with Crippen molar-refractivity contribution in [1.29, 1.82) is 0 Å². The van der Waals surface area contributed by atoms with E-state index in [2.05, 4.69) is 0 Å². The van der Waals surface area contributed by atoms with Crippen LogP contribution in [0.1, 0.15) is 37.5 Å². The van der Waals surface area contributed by atoms with Crippen molar-refractivity contribution in [1.82, 2.24) is 0 Å². The third kappa shape index (κ3) is 7.38. The molecule has 0 atom stereocenters. The van der Waals surface area contributed by atoms with Crippen LogP contribution in [0.25, 0.3) is 0 Å². The number of carbonyl (C=O) groups excluding carboxylic acids is 1. The van der Waals surface area contributed by atoms with Gasteiger partial charge in [0.25, 0.3) is 0 Å². The van der Waals surface area contributed by atoms with Gasteiger partial charge in [0.15, 0.2) is 6.61 Å². The van der Waals surface area contributed by atoms with Crippen molar-refractivity contribution in [3.63, 3.8) is 0 Å². The molecule has 0 aromatic heterocycles. The van der Waals surface area contributed by atoms with E-state index in [4.69, 9.17) is 13.1 Å². The predicted molar refractivity (Wildman–Crippen MR) is 162 cm³/mol. The Balaban J connectivity index is 1.83. The van der Waals surface area contributed by atoms with Gasteiger partial charge in [0.2, 0.25) is 0 Å². The topological polar surface area (TPSA) is 78.9 Å². The summed E-state index contributed by atoms with van der Waals surface area (Å²) in [4.78, 5) is 14.4. The fourth-order valence-electron chi connectivity index (χ4n) is 4.11. The second-order valence-electron chi connectivity index (χ2n) is 10.9. The van der Waals surface area contributed by atoms with Crippen molar-refractivity contribution in [2.45, 2.75) is 66.7 Å². The van der Waals surface area contributed by atoms with Crippen molar-refractivity contribution in [3.8, 4) is 5.75 Å². The minimum absolute atomic E-state index is 0.0801. The van der Waals surface area contributed by atoms with Crippen LogP contribution in [0.3, 0.4) is 0 Å². The van der Waals surface area contributed by atoms with E-state index >= 15 is 0 Å². The maximum absolute atomic E-state index is 13.9. The molecule has 216 valence electrons. The summed E-state index contributed by atoms with van der Waals surface area (Å²) in [5.74, 6) is -0.0319. The first kappa shape index (κ1) is 30.4. The lowest BCUT2D eigenvalue weighted by atomic mass is 10.2. The average Bonchev–Trinajstić information content (AvgIpc) is 2.91. The number of rotatable bonds is 9. The summed E-state index contributed by atoms with van der Waals surface area (Å²) >= 11 is 0. The molecule has 0 aliphatic carbocycles. The van der Waals surface area contributed by atoms with E-state index in [9.17, 15) is 13.2 Å². The summed E-state index contributed by atoms with van der Waals surface area (Å²) in [6, 6.07) is 29.1. The van der Waals surface area contributed by atoms with E-state index in [0.717, 1.165) is 26.5 Å². The van der Waals surface area contributed by atoms with Gasteiger partial charge in [0.05, 0.1) is 4.90 Å². The number of hydrogen-bond acceptors (Lipinski definition) is 6. The molecule has 0 unspecified atom stereocenters. The first-order valence-corrected chi connectivity index (χ1v) is 16.2. The summed E-state index contributed by atoms with van der Waals surface area (Å²) in [7, 11) is -6.99. The van der Waals surface area contributed by atoms with Gasteiger partial charge in [-0.25, -0.2) is 8.42 Å². The minimum atomic E-state index is -4.20. The molecule has 0 spiro atoms. The van der Waals surface area contributed by atoms with Crippen LogP contribution in [-0.2, 0) is 23.3 Å². The highest BCUT2D eigenvalue weighted by Crippen LogP contribution is 2.70. The van der Waals surface area contributed by atoms with E-state index in [1.807, 2.05) is 69.3 Å². The molecule has 0 amide bonds. The lowest BCUT2D eigenvalue weighted by Crippen LogP contribution is -2.27. The zero-order valence-electron chi connectivity index (χ0n) is 24.2. The van der Waals surface area contributed by atoms with Crippen LogP contribution >= 0.6 is 10.3 Å². The molecule has 0 fully saturated rings. The summed E-state index contributed by atoms with van der Waals surface area (Å²) in [6.45, 7) is 11.0. The van der Waals surface area contributed by atoms with Gasteiger partial charge in [-0.05, 0) is 113 Å². The molecular weight excluding hydrogens is 556 g/mol. The van der Waals surface area contributed by atoms with Gasteiger partial charge in [0.1, 0.15) is 11.4 Å². The molecule has 0 radical (unpaired) electrons. The first-order valence-electron chi connectivity index (χ1n) is 13.2. The maximum atomic E-state index is 13.9. The number of carbonyl (C=O) groups is 1. The first-order chi connectivity index (χ1) is 19.3. The highest BCUT2D eigenvalue weighted by molar-refractivity contribution is 8.33. The molecule has 4 aromatic rings. The second kappa shape index (κ2) is 12.1. The smallest absolute Gasteiger partial charge is 0.344 e. The van der Waals surface area contributed by atoms with E-state index in [0.29, 0.717) is 10.6 Å². The standard InChI is InChI=1S/C33H36O6S2/c1-24-7-15-28(16-8-24)40(29-17-9-25(2)10-18-29,39-41(35,36)31-19-11-26(3)12-20-31)30-21-13-27(14-22-30)37-23-32(34)38-33(4,5)6/h7-22H,23H2,1-6H3. The Morgan fingerprint density at radius 1 is 0.610 bits per heavy atom. The van der Waals surface area contributed by atoms with E-state index < -0.39 is 32.0 Å². The molecule has 41 heavy (non-hydrogen) atoms. The fourth-order valence-corrected chi connectivity index (χ4v) is 9.28. The molecule has 0 heterocycles. The summed E-state index contributed by atoms with van der Waals surface area (Å²) in [5, 5.41) is 0. The van der Waals surface area contributed by atoms with Crippen LogP contribution in [0.15, 0.2) is 117 Å². The molecule has 4 rings (SSSR count). The minimum Gasteiger partial charge on any atom is -0.482 e. The van der Waals surface area contributed by atoms with Crippen molar-refractivity contribution < 1.29 is 26.3 Å². The van der Waals surface area contributed by atoms with Crippen LogP contribution in [-0.4, -0.2) is 26.6 Å². The highest BCUT2D eigenvalue weighted by Gasteiger charge is 2.38. The van der Waals surface area contributed by atoms with Crippen molar-refractivity contribution in [3.05, 3.63) is 114 Å². The summed E-state index contributed by atoms with van der Waals surface area (Å²) in [6.07, 6.45) is 0. The van der Waals surface area contributed by atoms with Gasteiger partial charge in [-0.15, -0.1) is 0 Å². The number of aryl methyl sites for hydroxylation is 3. The molecule has 0 N–H and O–H groups in total. The molecule has 0 bridgehead atoms. The average molecular weight is 593 g/mol. The van der Waals surface area contributed by atoms with Gasteiger partial charge in [-0.2, -0.15) is 8.42 Å². The Morgan fingerprint density at radius 3 is 1.37 bits per heavy atom. The summed E-state index contributed by atoms with van der Waals surface area (Å²) < 4.78 is 45.2. The molecule has 0 saturated carbocycles. The van der Waals surface area contributed by atoms with Crippen LogP contribution in [0.4, 0.5) is 0 Å². The Hall–Kier alpha value is -3.59. The van der Waals surface area contributed by atoms with Crippen LogP contribution in [0, 0.1) is 20.8 Å². The van der Waals surface area contributed by atoms with E-state index in [1.54, 1.807) is 69.3 Å². The van der Waals surface area contributed by atoms with Gasteiger partial charge >= 0.3 is 16.1 Å². The highest BCUT2D eigenvalue weighted by atomic mass is 32.3. The molecule has 8 heteroatoms. The second-order valence-corrected chi connectivity index (χ2v) is 15.3. The Kier molecular flexibility index (Phi) is 8.97. The lowest BCUT2D eigenvalue weighted by Gasteiger charge is -2.39. The normalized spacial score (nSPS) is 12.5. The number of benzene rings is 4. The van der Waals surface area contributed by atoms with Gasteiger partial charge in [-0.1, -0.05) is 53.1 Å². The van der Waals surface area contributed by atoms with Crippen LogP contribution in [0.2, 0.25) is 0 Å². The van der Waals surface area contributed by atoms with Gasteiger partial charge < -0.3 is 9.47 Å². The monoisotopic (exact) mass is 592 g/mol. The quantitative estimate of drug-likeness (QED) is 0.184. The third-order valence-electron chi connectivity index (χ3n) is 6.14. The van der Waals surface area contributed by atoms with Crippen molar-refractivity contribution in [2.24, 2.45) is 0 Å². The maximum Gasteiger partial charge on any atom is 0.344 e. The van der Waals surface area contributed by atoms with Gasteiger partial charge in [-0.3, -0.25) is 0 Å². The fraction of sp³-hybridized carbons (Fsp3) is 0.242. The molecule has 0 saturated heterocycles. The molecule has 6 nitrogen and oxygen atoms in total. The zero-order valence-corrected chi connectivity index (χ0v) is 25.8. The van der Waals surface area contributed by atoms with E-state index in [1.165, 1.54) is 0 Å². The Labute approximate surface area is 244 Å².